The van der Waals surface area contributed by atoms with Crippen LogP contribution in [0, 0.1) is 31.1 Å². The van der Waals surface area contributed by atoms with Gasteiger partial charge in [0.2, 0.25) is 0 Å². The highest BCUT2D eigenvalue weighted by molar-refractivity contribution is 6.09. The molecule has 1 fully saturated rings. The molecule has 0 unspecified atom stereocenters. The zero-order valence-corrected chi connectivity index (χ0v) is 18.9. The van der Waals surface area contributed by atoms with Gasteiger partial charge in [-0.3, -0.25) is 14.4 Å². The third kappa shape index (κ3) is 6.06. The Balaban J connectivity index is 1.64. The van der Waals surface area contributed by atoms with E-state index in [1.54, 1.807) is 23.2 Å². The van der Waals surface area contributed by atoms with E-state index in [0.717, 1.165) is 62.9 Å². The van der Waals surface area contributed by atoms with E-state index < -0.39 is 5.91 Å². The van der Waals surface area contributed by atoms with E-state index >= 15 is 0 Å². The van der Waals surface area contributed by atoms with Crippen molar-refractivity contribution in [3.05, 3.63) is 41.0 Å². The Kier molecular flexibility index (Phi) is 7.66. The van der Waals surface area contributed by atoms with Crippen LogP contribution in [0.25, 0.3) is 6.08 Å². The Morgan fingerprint density at radius 1 is 1.32 bits per heavy atom. The molecule has 2 aromatic rings. The summed E-state index contributed by atoms with van der Waals surface area (Å²) in [5.41, 5.74) is 3.73. The summed E-state index contributed by atoms with van der Waals surface area (Å²) in [5, 5.41) is 16.7. The van der Waals surface area contributed by atoms with Crippen LogP contribution in [0.1, 0.15) is 30.8 Å². The monoisotopic (exact) mass is 424 g/mol. The summed E-state index contributed by atoms with van der Waals surface area (Å²) >= 11 is 0. The van der Waals surface area contributed by atoms with Crippen LogP contribution in [0.5, 0.6) is 0 Å². The van der Waals surface area contributed by atoms with Crippen LogP contribution >= 0.6 is 0 Å². The highest BCUT2D eigenvalue weighted by Crippen LogP contribution is 2.20. The molecular weight excluding hydrogens is 392 g/mol. The average molecular weight is 425 g/mol. The molecule has 8 heteroatoms. The van der Waals surface area contributed by atoms with Crippen LogP contribution in [0.4, 0.5) is 5.69 Å². The maximum Gasteiger partial charge on any atom is 0.266 e. The van der Waals surface area contributed by atoms with Crippen LogP contribution in [-0.4, -0.2) is 58.0 Å². The van der Waals surface area contributed by atoms with E-state index in [0.29, 0.717) is 11.6 Å². The first-order valence-electron chi connectivity index (χ1n) is 10.8. The zero-order chi connectivity index (χ0) is 22.4. The predicted molar refractivity (Wildman–Crippen MR) is 120 cm³/mol. The second kappa shape index (κ2) is 10.4. The van der Waals surface area contributed by atoms with Crippen LogP contribution in [0.15, 0.2) is 24.0 Å². The molecule has 1 aliphatic heterocycles. The SMILES string of the molecule is Cc1cc(/C=C(/C#N)C(=O)Nc2cnn(CCN3CCOCC3)c2)c(C)n1CC(C)C. The smallest absolute Gasteiger partial charge is 0.266 e. The summed E-state index contributed by atoms with van der Waals surface area (Å²) in [6.07, 6.45) is 5.07. The second-order valence-corrected chi connectivity index (χ2v) is 8.40. The molecule has 0 radical (unpaired) electrons. The van der Waals surface area contributed by atoms with Gasteiger partial charge in [0.25, 0.3) is 5.91 Å². The minimum absolute atomic E-state index is 0.0749. The molecule has 0 bridgehead atoms. The van der Waals surface area contributed by atoms with Gasteiger partial charge in [-0.2, -0.15) is 10.4 Å². The van der Waals surface area contributed by atoms with Crippen molar-refractivity contribution in [2.75, 3.05) is 38.2 Å². The van der Waals surface area contributed by atoms with Crippen molar-refractivity contribution in [2.24, 2.45) is 5.92 Å². The van der Waals surface area contributed by atoms with Crippen molar-refractivity contribution < 1.29 is 9.53 Å². The largest absolute Gasteiger partial charge is 0.379 e. The summed E-state index contributed by atoms with van der Waals surface area (Å²) in [4.78, 5) is 15.0. The number of morpholine rings is 1. The number of carbonyl (C=O) groups is 1. The summed E-state index contributed by atoms with van der Waals surface area (Å²) in [6.45, 7) is 14.3. The molecule has 1 aliphatic rings. The Morgan fingerprint density at radius 3 is 2.74 bits per heavy atom. The number of aryl methyl sites for hydroxylation is 1. The molecule has 3 heterocycles. The van der Waals surface area contributed by atoms with E-state index in [-0.39, 0.29) is 5.57 Å². The molecule has 0 atom stereocenters. The first-order chi connectivity index (χ1) is 14.9. The lowest BCUT2D eigenvalue weighted by Gasteiger charge is -2.26. The Hall–Kier alpha value is -2.89. The minimum atomic E-state index is -0.427. The Labute approximate surface area is 184 Å². The third-order valence-electron chi connectivity index (χ3n) is 5.47. The third-order valence-corrected chi connectivity index (χ3v) is 5.47. The van der Waals surface area contributed by atoms with Gasteiger partial charge in [-0.1, -0.05) is 13.8 Å². The van der Waals surface area contributed by atoms with Crippen molar-refractivity contribution in [1.29, 1.82) is 5.26 Å². The number of nitrogens with one attached hydrogen (secondary N) is 1. The maximum atomic E-state index is 12.7. The van der Waals surface area contributed by atoms with Crippen LogP contribution in [0.3, 0.4) is 0 Å². The van der Waals surface area contributed by atoms with E-state index in [2.05, 4.69) is 33.7 Å². The molecule has 3 rings (SSSR count). The molecule has 2 aromatic heterocycles. The van der Waals surface area contributed by atoms with Gasteiger partial charge in [0.05, 0.1) is 31.6 Å². The van der Waals surface area contributed by atoms with Crippen molar-refractivity contribution in [2.45, 2.75) is 40.8 Å². The second-order valence-electron chi connectivity index (χ2n) is 8.40. The molecular formula is C23H32N6O2. The van der Waals surface area contributed by atoms with E-state index in [4.69, 9.17) is 4.74 Å². The van der Waals surface area contributed by atoms with Gasteiger partial charge in [0.1, 0.15) is 11.6 Å². The number of hydrogen-bond acceptors (Lipinski definition) is 5. The molecule has 1 amide bonds. The van der Waals surface area contributed by atoms with Crippen LogP contribution < -0.4 is 5.32 Å². The topological polar surface area (TPSA) is 88.1 Å². The van der Waals surface area contributed by atoms with Gasteiger partial charge in [-0.05, 0) is 37.5 Å². The summed E-state index contributed by atoms with van der Waals surface area (Å²) in [5.74, 6) is 0.0871. The number of amides is 1. The van der Waals surface area contributed by atoms with Gasteiger partial charge in [-0.15, -0.1) is 0 Å². The number of aromatic nitrogens is 3. The van der Waals surface area contributed by atoms with E-state index in [1.165, 1.54) is 0 Å². The summed E-state index contributed by atoms with van der Waals surface area (Å²) in [6, 6.07) is 4.06. The highest BCUT2D eigenvalue weighted by atomic mass is 16.5. The lowest BCUT2D eigenvalue weighted by molar-refractivity contribution is -0.112. The van der Waals surface area contributed by atoms with Gasteiger partial charge >= 0.3 is 0 Å². The highest BCUT2D eigenvalue weighted by Gasteiger charge is 2.15. The number of carbonyl (C=O) groups excluding carboxylic acids is 1. The van der Waals surface area contributed by atoms with Crippen LogP contribution in [-0.2, 0) is 22.6 Å². The fourth-order valence-electron chi connectivity index (χ4n) is 3.74. The fourth-order valence-corrected chi connectivity index (χ4v) is 3.74. The molecule has 0 saturated carbocycles. The molecule has 0 aliphatic carbocycles. The Bertz CT molecular complexity index is 973. The summed E-state index contributed by atoms with van der Waals surface area (Å²) in [7, 11) is 0. The molecule has 1 saturated heterocycles. The van der Waals surface area contributed by atoms with Crippen molar-refractivity contribution in [1.82, 2.24) is 19.2 Å². The predicted octanol–water partition coefficient (Wildman–Crippen LogP) is 2.84. The molecule has 166 valence electrons. The number of hydrogen-bond donors (Lipinski definition) is 1. The first kappa shape index (κ1) is 22.8. The number of rotatable bonds is 8. The first-order valence-corrected chi connectivity index (χ1v) is 10.8. The number of ether oxygens (including phenoxy) is 1. The minimum Gasteiger partial charge on any atom is -0.379 e. The number of anilines is 1. The normalized spacial score (nSPS) is 15.3. The van der Waals surface area contributed by atoms with Gasteiger partial charge in [-0.25, -0.2) is 0 Å². The van der Waals surface area contributed by atoms with Gasteiger partial charge in [0, 0.05) is 43.8 Å². The lowest BCUT2D eigenvalue weighted by atomic mass is 10.1. The quantitative estimate of drug-likeness (QED) is 0.520. The molecule has 1 N–H and O–H groups in total. The molecule has 8 nitrogen and oxygen atoms in total. The maximum absolute atomic E-state index is 12.7. The molecule has 31 heavy (non-hydrogen) atoms. The standard InChI is InChI=1S/C23H32N6O2/c1-17(2)15-29-18(3)11-20(19(29)4)12-21(13-24)23(30)26-22-14-25-28(16-22)6-5-27-7-9-31-10-8-27/h11-12,14,16-17H,5-10,15H2,1-4H3,(H,26,30)/b21-12-. The van der Waals surface area contributed by atoms with Crippen molar-refractivity contribution in [3.63, 3.8) is 0 Å². The number of nitrogens with zero attached hydrogens (tertiary/aromatic N) is 5. The van der Waals surface area contributed by atoms with Gasteiger partial charge in [0.15, 0.2) is 0 Å². The number of nitriles is 1. The lowest BCUT2D eigenvalue weighted by Crippen LogP contribution is -2.38. The van der Waals surface area contributed by atoms with Crippen LogP contribution in [0.2, 0.25) is 0 Å². The van der Waals surface area contributed by atoms with E-state index in [1.807, 2.05) is 26.0 Å². The molecule has 0 spiro atoms. The van der Waals surface area contributed by atoms with E-state index in [9.17, 15) is 10.1 Å². The van der Waals surface area contributed by atoms with Crippen molar-refractivity contribution >= 4 is 17.7 Å². The zero-order valence-electron chi connectivity index (χ0n) is 18.9. The average Bonchev–Trinajstić information content (AvgIpc) is 3.30. The molecule has 0 aromatic carbocycles. The van der Waals surface area contributed by atoms with Crippen molar-refractivity contribution in [3.8, 4) is 6.07 Å². The fraction of sp³-hybridized carbons (Fsp3) is 0.522. The Morgan fingerprint density at radius 2 is 2.06 bits per heavy atom. The summed E-state index contributed by atoms with van der Waals surface area (Å²) < 4.78 is 9.39. The van der Waals surface area contributed by atoms with Gasteiger partial charge < -0.3 is 14.6 Å².